The van der Waals surface area contributed by atoms with E-state index in [-0.39, 0.29) is 17.1 Å². The molecular formula is C17H10FN3O5. The number of amides is 2. The zero-order chi connectivity index (χ0) is 18.4. The van der Waals surface area contributed by atoms with E-state index >= 15 is 0 Å². The van der Waals surface area contributed by atoms with E-state index < -0.39 is 34.6 Å². The van der Waals surface area contributed by atoms with Gasteiger partial charge in [0.25, 0.3) is 11.6 Å². The number of hydrogen-bond donors (Lipinski definition) is 0. The van der Waals surface area contributed by atoms with Gasteiger partial charge in [-0.15, -0.1) is 0 Å². The predicted molar refractivity (Wildman–Crippen MR) is 86.9 cm³/mol. The van der Waals surface area contributed by atoms with Crippen LogP contribution in [0.15, 0.2) is 53.7 Å². The molecule has 0 spiro atoms. The molecule has 26 heavy (non-hydrogen) atoms. The topological polar surface area (TPSA) is 102 Å². The second kappa shape index (κ2) is 5.73. The number of carbonyl (C=O) groups is 2. The maximum absolute atomic E-state index is 13.1. The fraction of sp³-hybridized carbons (Fsp3) is 0.118. The van der Waals surface area contributed by atoms with Gasteiger partial charge in [0.05, 0.1) is 10.6 Å². The van der Waals surface area contributed by atoms with Crippen LogP contribution >= 0.6 is 0 Å². The molecule has 0 radical (unpaired) electrons. The minimum absolute atomic E-state index is 0.105. The molecule has 130 valence electrons. The van der Waals surface area contributed by atoms with Gasteiger partial charge < -0.3 is 4.84 Å². The summed E-state index contributed by atoms with van der Waals surface area (Å²) in [7, 11) is 0. The number of oxime groups is 1. The summed E-state index contributed by atoms with van der Waals surface area (Å²) in [6, 6.07) is 10.4. The normalized spacial score (nSPS) is 21.4. The van der Waals surface area contributed by atoms with E-state index in [1.807, 2.05) is 0 Å². The molecule has 1 saturated heterocycles. The number of nitro benzene ring substituents is 1. The van der Waals surface area contributed by atoms with Gasteiger partial charge in [0.15, 0.2) is 0 Å². The van der Waals surface area contributed by atoms with Crippen LogP contribution in [0.4, 0.5) is 15.8 Å². The SMILES string of the molecule is O=C1[C@H]2C(c3ccc([N+](=O)[O-])cc3)=NO[C@H]2C(=O)N1c1ccc(F)cc1. The Kier molecular flexibility index (Phi) is 3.50. The van der Waals surface area contributed by atoms with Crippen LogP contribution in [0.3, 0.4) is 0 Å². The number of non-ortho nitro benzene ring substituents is 1. The number of benzene rings is 2. The van der Waals surface area contributed by atoms with Gasteiger partial charge in [0.1, 0.15) is 17.4 Å². The van der Waals surface area contributed by atoms with Crippen molar-refractivity contribution in [3.8, 4) is 0 Å². The largest absolute Gasteiger partial charge is 0.381 e. The molecule has 0 saturated carbocycles. The molecule has 0 unspecified atom stereocenters. The molecule has 0 N–H and O–H groups in total. The number of carbonyl (C=O) groups excluding carboxylic acids is 2. The van der Waals surface area contributed by atoms with Crippen LogP contribution in [0.5, 0.6) is 0 Å². The Morgan fingerprint density at radius 3 is 2.31 bits per heavy atom. The van der Waals surface area contributed by atoms with Gasteiger partial charge in [0, 0.05) is 17.7 Å². The molecule has 8 nitrogen and oxygen atoms in total. The van der Waals surface area contributed by atoms with Crippen molar-refractivity contribution < 1.29 is 23.7 Å². The van der Waals surface area contributed by atoms with Crippen LogP contribution in [0.25, 0.3) is 0 Å². The number of nitrogens with zero attached hydrogens (tertiary/aromatic N) is 3. The highest BCUT2D eigenvalue weighted by Crippen LogP contribution is 2.35. The molecule has 2 aliphatic heterocycles. The standard InChI is InChI=1S/C17H10FN3O5/c18-10-3-7-11(8-4-10)20-16(22)13-14(19-26-15(13)17(20)23)9-1-5-12(6-2-9)21(24)25/h1-8,13,15H/t13-,15+/m0/s1. The molecular weight excluding hydrogens is 345 g/mol. The van der Waals surface area contributed by atoms with E-state index in [1.165, 1.54) is 36.4 Å². The summed E-state index contributed by atoms with van der Waals surface area (Å²) in [5.41, 5.74) is 0.812. The minimum Gasteiger partial charge on any atom is -0.381 e. The van der Waals surface area contributed by atoms with Crippen LogP contribution in [0.2, 0.25) is 0 Å². The number of fused-ring (bicyclic) bond motifs is 1. The highest BCUT2D eigenvalue weighted by Gasteiger charge is 2.56. The van der Waals surface area contributed by atoms with Gasteiger partial charge in [-0.1, -0.05) is 5.16 Å². The van der Waals surface area contributed by atoms with Gasteiger partial charge in [-0.3, -0.25) is 19.7 Å². The molecule has 2 aromatic rings. The van der Waals surface area contributed by atoms with Crippen LogP contribution in [-0.4, -0.2) is 28.6 Å². The summed E-state index contributed by atoms with van der Waals surface area (Å²) >= 11 is 0. The van der Waals surface area contributed by atoms with E-state index in [9.17, 15) is 24.1 Å². The van der Waals surface area contributed by atoms with Crippen molar-refractivity contribution >= 4 is 28.9 Å². The maximum atomic E-state index is 13.1. The smallest absolute Gasteiger partial charge is 0.278 e. The van der Waals surface area contributed by atoms with Crippen molar-refractivity contribution in [1.29, 1.82) is 0 Å². The summed E-state index contributed by atoms with van der Waals surface area (Å²) in [4.78, 5) is 41.6. The second-order valence-electron chi connectivity index (χ2n) is 5.77. The number of anilines is 1. The van der Waals surface area contributed by atoms with Crippen LogP contribution in [0, 0.1) is 21.8 Å². The van der Waals surface area contributed by atoms with Gasteiger partial charge in [-0.2, -0.15) is 0 Å². The first kappa shape index (κ1) is 15.9. The second-order valence-corrected chi connectivity index (χ2v) is 5.77. The highest BCUT2D eigenvalue weighted by atomic mass is 19.1. The Bertz CT molecular complexity index is 955. The fourth-order valence-electron chi connectivity index (χ4n) is 3.01. The summed E-state index contributed by atoms with van der Waals surface area (Å²) in [5, 5.41) is 14.6. The Labute approximate surface area is 145 Å². The summed E-state index contributed by atoms with van der Waals surface area (Å²) in [5.74, 6) is -2.57. The van der Waals surface area contributed by atoms with Crippen molar-refractivity contribution in [2.45, 2.75) is 6.10 Å². The van der Waals surface area contributed by atoms with Crippen molar-refractivity contribution in [2.75, 3.05) is 4.90 Å². The molecule has 2 heterocycles. The van der Waals surface area contributed by atoms with Gasteiger partial charge in [-0.25, -0.2) is 9.29 Å². The summed E-state index contributed by atoms with van der Waals surface area (Å²) in [6.45, 7) is 0. The van der Waals surface area contributed by atoms with Gasteiger partial charge in [-0.05, 0) is 36.4 Å². The first-order valence-electron chi connectivity index (χ1n) is 7.59. The lowest BCUT2D eigenvalue weighted by atomic mass is 9.94. The van der Waals surface area contributed by atoms with Crippen LogP contribution in [0.1, 0.15) is 5.56 Å². The fourth-order valence-corrected chi connectivity index (χ4v) is 3.01. The number of hydrogen-bond acceptors (Lipinski definition) is 6. The zero-order valence-corrected chi connectivity index (χ0v) is 13.0. The molecule has 0 bridgehead atoms. The average Bonchev–Trinajstić information content (AvgIpc) is 3.17. The molecule has 2 atom stereocenters. The lowest BCUT2D eigenvalue weighted by Gasteiger charge is -2.15. The van der Waals surface area contributed by atoms with Gasteiger partial charge in [0.2, 0.25) is 12.0 Å². The van der Waals surface area contributed by atoms with Crippen molar-refractivity contribution in [3.05, 3.63) is 70.0 Å². The molecule has 0 aromatic heterocycles. The predicted octanol–water partition coefficient (Wildman–Crippen LogP) is 2.03. The highest BCUT2D eigenvalue weighted by molar-refractivity contribution is 6.32. The zero-order valence-electron chi connectivity index (χ0n) is 13.0. The number of nitro groups is 1. The lowest BCUT2D eigenvalue weighted by Crippen LogP contribution is -2.33. The van der Waals surface area contributed by atoms with E-state index in [1.54, 1.807) is 0 Å². The van der Waals surface area contributed by atoms with E-state index in [0.29, 0.717) is 5.56 Å². The third-order valence-corrected chi connectivity index (χ3v) is 4.27. The Morgan fingerprint density at radius 2 is 1.69 bits per heavy atom. The molecule has 2 aliphatic rings. The summed E-state index contributed by atoms with van der Waals surface area (Å²) in [6.07, 6.45) is -1.10. The Balaban J connectivity index is 1.66. The van der Waals surface area contributed by atoms with Crippen LogP contribution in [-0.2, 0) is 14.4 Å². The van der Waals surface area contributed by atoms with Crippen LogP contribution < -0.4 is 4.90 Å². The van der Waals surface area contributed by atoms with Gasteiger partial charge >= 0.3 is 0 Å². The van der Waals surface area contributed by atoms with E-state index in [2.05, 4.69) is 5.16 Å². The number of imide groups is 1. The quantitative estimate of drug-likeness (QED) is 0.476. The molecule has 0 aliphatic carbocycles. The maximum Gasteiger partial charge on any atom is 0.278 e. The lowest BCUT2D eigenvalue weighted by molar-refractivity contribution is -0.384. The average molecular weight is 355 g/mol. The number of rotatable bonds is 3. The van der Waals surface area contributed by atoms with E-state index in [4.69, 9.17) is 4.84 Å². The Hall–Kier alpha value is -3.62. The summed E-state index contributed by atoms with van der Waals surface area (Å²) < 4.78 is 13.1. The van der Waals surface area contributed by atoms with E-state index in [0.717, 1.165) is 17.0 Å². The first-order chi connectivity index (χ1) is 12.5. The molecule has 2 aromatic carbocycles. The molecule has 2 amide bonds. The number of halogens is 1. The monoisotopic (exact) mass is 355 g/mol. The van der Waals surface area contributed by atoms with Crippen molar-refractivity contribution in [1.82, 2.24) is 0 Å². The van der Waals surface area contributed by atoms with Crippen molar-refractivity contribution in [2.24, 2.45) is 11.1 Å². The Morgan fingerprint density at radius 1 is 1.04 bits per heavy atom. The molecule has 1 fully saturated rings. The molecule has 9 heteroatoms. The molecule has 4 rings (SSSR count). The third kappa shape index (κ3) is 2.32. The minimum atomic E-state index is -1.10. The third-order valence-electron chi connectivity index (χ3n) is 4.27. The van der Waals surface area contributed by atoms with Crippen molar-refractivity contribution in [3.63, 3.8) is 0 Å². The first-order valence-corrected chi connectivity index (χ1v) is 7.59.